The molecule has 0 fully saturated rings. The van der Waals surface area contributed by atoms with Crippen LogP contribution in [0.4, 0.5) is 5.69 Å². The highest BCUT2D eigenvalue weighted by Gasteiger charge is 2.21. The summed E-state index contributed by atoms with van der Waals surface area (Å²) in [4.78, 5) is 21.4. The molecule has 0 atom stereocenters. The van der Waals surface area contributed by atoms with E-state index in [9.17, 15) is 4.79 Å². The van der Waals surface area contributed by atoms with E-state index in [0.717, 1.165) is 5.69 Å². The van der Waals surface area contributed by atoms with Crippen molar-refractivity contribution in [3.05, 3.63) is 41.2 Å². The Morgan fingerprint density at radius 1 is 1.48 bits per heavy atom. The van der Waals surface area contributed by atoms with E-state index < -0.39 is 11.6 Å². The summed E-state index contributed by atoms with van der Waals surface area (Å²) in [6.45, 7) is 12.9. The molecule has 132 valence electrons. The van der Waals surface area contributed by atoms with E-state index in [0.29, 0.717) is 17.6 Å². The number of anilines is 1. The van der Waals surface area contributed by atoms with E-state index in [-0.39, 0.29) is 18.2 Å². The Balaban J connectivity index is 2.31. The minimum Gasteiger partial charge on any atom is -0.465 e. The Hall–Kier alpha value is -2.85. The van der Waals surface area contributed by atoms with Crippen LogP contribution < -0.4 is 4.90 Å². The fraction of sp³-hybridized carbons (Fsp3) is 0.389. The number of fused-ring (bicyclic) bond motifs is 1. The zero-order valence-electron chi connectivity index (χ0n) is 14.7. The number of aliphatic hydroxyl groups excluding tert-OH is 1. The van der Waals surface area contributed by atoms with Crippen molar-refractivity contribution in [1.82, 2.24) is 4.98 Å². The van der Waals surface area contributed by atoms with Gasteiger partial charge in [-0.25, -0.2) is 9.83 Å². The van der Waals surface area contributed by atoms with Gasteiger partial charge in [0, 0.05) is 31.4 Å². The summed E-state index contributed by atoms with van der Waals surface area (Å²) in [5, 5.41) is 9.02. The number of benzene rings is 1. The Kier molecular flexibility index (Phi) is 5.45. The van der Waals surface area contributed by atoms with Crippen molar-refractivity contribution in [1.29, 1.82) is 0 Å². The second kappa shape index (κ2) is 7.36. The third kappa shape index (κ3) is 4.81. The summed E-state index contributed by atoms with van der Waals surface area (Å²) in [7, 11) is 1.86. The highest BCUT2D eigenvalue weighted by Crippen LogP contribution is 2.24. The third-order valence-corrected chi connectivity index (χ3v) is 3.25. The third-order valence-electron chi connectivity index (χ3n) is 3.25. The number of esters is 1. The van der Waals surface area contributed by atoms with Crippen LogP contribution in [-0.4, -0.2) is 41.9 Å². The van der Waals surface area contributed by atoms with Crippen LogP contribution >= 0.6 is 0 Å². The van der Waals surface area contributed by atoms with Crippen LogP contribution in [0.25, 0.3) is 22.0 Å². The molecule has 1 aromatic carbocycles. The fourth-order valence-corrected chi connectivity index (χ4v) is 2.09. The van der Waals surface area contributed by atoms with E-state index in [1.165, 1.54) is 6.08 Å². The number of hydrogen-bond donors (Lipinski definition) is 1. The Labute approximate surface area is 146 Å². The molecule has 2 aromatic rings. The number of carbonyl (C=O) groups is 1. The molecule has 0 spiro atoms. The average molecular weight is 343 g/mol. The van der Waals surface area contributed by atoms with Crippen molar-refractivity contribution >= 4 is 28.8 Å². The average Bonchev–Trinajstić information content (AvgIpc) is 2.92. The molecule has 0 saturated carbocycles. The van der Waals surface area contributed by atoms with Gasteiger partial charge < -0.3 is 19.2 Å². The molecule has 7 heteroatoms. The van der Waals surface area contributed by atoms with Gasteiger partial charge in [-0.05, 0) is 32.9 Å². The zero-order valence-corrected chi connectivity index (χ0v) is 14.7. The molecule has 0 bridgehead atoms. The maximum Gasteiger partial charge on any atom is 0.337 e. The second-order valence-electron chi connectivity index (χ2n) is 6.49. The number of oxazole rings is 1. The Morgan fingerprint density at radius 3 is 2.80 bits per heavy atom. The summed E-state index contributed by atoms with van der Waals surface area (Å²) >= 11 is 0. The molecule has 0 saturated heterocycles. The maximum atomic E-state index is 12.0. The topological polar surface area (TPSA) is 80.2 Å². The number of ether oxygens (including phenoxy) is 1. The van der Waals surface area contributed by atoms with Gasteiger partial charge in [-0.3, -0.25) is 4.79 Å². The molecule has 0 aliphatic carbocycles. The predicted molar refractivity (Wildman–Crippen MR) is 94.8 cm³/mol. The standard InChI is InChI=1S/C18H21N3O4/c1-18(2,3)25-17(23)14(19-4)11-16-20-13-7-6-12(10-15(13)24-16)21(5)8-9-22/h6-7,10-11,22H,8-9H2,1-3,5H3/b14-11-. The van der Waals surface area contributed by atoms with Crippen molar-refractivity contribution < 1.29 is 19.1 Å². The van der Waals surface area contributed by atoms with E-state index in [2.05, 4.69) is 9.83 Å². The lowest BCUT2D eigenvalue weighted by Gasteiger charge is -2.19. The fourth-order valence-electron chi connectivity index (χ4n) is 2.09. The van der Waals surface area contributed by atoms with Gasteiger partial charge in [0.15, 0.2) is 5.58 Å². The first-order valence-electron chi connectivity index (χ1n) is 7.78. The Bertz CT molecular complexity index is 840. The minimum absolute atomic E-state index is 0.0448. The van der Waals surface area contributed by atoms with Crippen LogP contribution in [0, 0.1) is 6.57 Å². The molecule has 1 aromatic heterocycles. The number of hydrogen-bond acceptors (Lipinski definition) is 6. The molecule has 0 aliphatic heterocycles. The van der Waals surface area contributed by atoms with Crippen LogP contribution in [0.15, 0.2) is 28.3 Å². The van der Waals surface area contributed by atoms with Crippen molar-refractivity contribution in [2.24, 2.45) is 0 Å². The molecule has 25 heavy (non-hydrogen) atoms. The summed E-state index contributed by atoms with van der Waals surface area (Å²) in [5.74, 6) is -0.554. The van der Waals surface area contributed by atoms with Crippen molar-refractivity contribution in [2.45, 2.75) is 26.4 Å². The van der Waals surface area contributed by atoms with Crippen LogP contribution in [0.2, 0.25) is 0 Å². The molecule has 7 nitrogen and oxygen atoms in total. The molecule has 0 radical (unpaired) electrons. The van der Waals surface area contributed by atoms with E-state index in [1.807, 2.05) is 18.0 Å². The lowest BCUT2D eigenvalue weighted by atomic mass is 10.2. The van der Waals surface area contributed by atoms with Gasteiger partial charge in [0.1, 0.15) is 11.1 Å². The van der Waals surface area contributed by atoms with Gasteiger partial charge in [0.25, 0.3) is 5.70 Å². The number of nitrogens with zero attached hydrogens (tertiary/aromatic N) is 3. The van der Waals surface area contributed by atoms with Crippen LogP contribution in [0.1, 0.15) is 26.7 Å². The van der Waals surface area contributed by atoms with E-state index in [4.69, 9.17) is 20.8 Å². The summed E-state index contributed by atoms with van der Waals surface area (Å²) in [5.41, 5.74) is 1.13. The first kappa shape index (κ1) is 18.5. The van der Waals surface area contributed by atoms with Gasteiger partial charge in [0.2, 0.25) is 5.89 Å². The number of rotatable bonds is 5. The molecule has 1 N–H and O–H groups in total. The first-order valence-corrected chi connectivity index (χ1v) is 7.78. The molecule has 0 amide bonds. The predicted octanol–water partition coefficient (Wildman–Crippen LogP) is 2.86. The maximum absolute atomic E-state index is 12.0. The smallest absolute Gasteiger partial charge is 0.337 e. The van der Waals surface area contributed by atoms with Crippen LogP contribution in [0.3, 0.4) is 0 Å². The van der Waals surface area contributed by atoms with Crippen molar-refractivity contribution in [3.8, 4) is 0 Å². The highest BCUT2D eigenvalue weighted by molar-refractivity contribution is 5.95. The molecule has 0 unspecified atom stereocenters. The van der Waals surface area contributed by atoms with Gasteiger partial charge in [-0.15, -0.1) is 0 Å². The lowest BCUT2D eigenvalue weighted by Crippen LogP contribution is -2.24. The molecule has 1 heterocycles. The normalized spacial score (nSPS) is 12.1. The van der Waals surface area contributed by atoms with E-state index in [1.54, 1.807) is 32.9 Å². The lowest BCUT2D eigenvalue weighted by molar-refractivity contribution is -0.149. The molecule has 2 rings (SSSR count). The first-order chi connectivity index (χ1) is 11.7. The molecule has 0 aliphatic rings. The van der Waals surface area contributed by atoms with Gasteiger partial charge in [0.05, 0.1) is 13.2 Å². The van der Waals surface area contributed by atoms with Crippen LogP contribution in [0.5, 0.6) is 0 Å². The number of aliphatic hydroxyl groups is 1. The summed E-state index contributed by atoms with van der Waals surface area (Å²) in [6, 6.07) is 5.43. The van der Waals surface area contributed by atoms with Gasteiger partial charge in [-0.2, -0.15) is 0 Å². The van der Waals surface area contributed by atoms with Crippen molar-refractivity contribution in [3.63, 3.8) is 0 Å². The zero-order chi connectivity index (χ0) is 18.6. The molecular formula is C18H21N3O4. The second-order valence-corrected chi connectivity index (χ2v) is 6.49. The summed E-state index contributed by atoms with van der Waals surface area (Å²) in [6.07, 6.45) is 1.28. The SMILES string of the molecule is [C-]#[N+]/C(=C\c1nc2ccc(N(C)CCO)cc2o1)C(=O)OC(C)(C)C. The van der Waals surface area contributed by atoms with Crippen LogP contribution in [-0.2, 0) is 9.53 Å². The summed E-state index contributed by atoms with van der Waals surface area (Å²) < 4.78 is 10.8. The monoisotopic (exact) mass is 343 g/mol. The minimum atomic E-state index is -0.715. The largest absolute Gasteiger partial charge is 0.465 e. The van der Waals surface area contributed by atoms with E-state index >= 15 is 0 Å². The highest BCUT2D eigenvalue weighted by atomic mass is 16.6. The van der Waals surface area contributed by atoms with Crippen molar-refractivity contribution in [2.75, 3.05) is 25.1 Å². The molecular weight excluding hydrogens is 322 g/mol. The van der Waals surface area contributed by atoms with Gasteiger partial charge >= 0.3 is 5.97 Å². The Morgan fingerprint density at radius 2 is 2.20 bits per heavy atom. The quantitative estimate of drug-likeness (QED) is 0.511. The number of likely N-dealkylation sites (N-methyl/N-ethyl adjacent to an activating group) is 1. The number of carbonyl (C=O) groups excluding carboxylic acids is 1. The van der Waals surface area contributed by atoms with Gasteiger partial charge in [-0.1, -0.05) is 0 Å². The number of aromatic nitrogens is 1.